The predicted octanol–water partition coefficient (Wildman–Crippen LogP) is 2.82. The van der Waals surface area contributed by atoms with E-state index < -0.39 is 0 Å². The highest BCUT2D eigenvalue weighted by Gasteiger charge is 2.36. The van der Waals surface area contributed by atoms with Crippen molar-refractivity contribution in [1.82, 2.24) is 10.2 Å². The van der Waals surface area contributed by atoms with Crippen molar-refractivity contribution in [3.05, 3.63) is 35.4 Å². The van der Waals surface area contributed by atoms with Gasteiger partial charge in [0.1, 0.15) is 0 Å². The van der Waals surface area contributed by atoms with E-state index in [2.05, 4.69) is 43.1 Å². The molecule has 6 heteroatoms. The number of aliphatic imine (C=N–C) groups is 1. The van der Waals surface area contributed by atoms with Crippen LogP contribution in [0.5, 0.6) is 0 Å². The number of rotatable bonds is 8. The fourth-order valence-electron chi connectivity index (χ4n) is 3.36. The number of hydrogen-bond donors (Lipinski definition) is 1. The predicted molar refractivity (Wildman–Crippen MR) is 107 cm³/mol. The number of carbonyl (C=O) groups is 1. The van der Waals surface area contributed by atoms with Gasteiger partial charge in [0.25, 0.3) is 0 Å². The van der Waals surface area contributed by atoms with Crippen molar-refractivity contribution in [3.63, 3.8) is 0 Å². The summed E-state index contributed by atoms with van der Waals surface area (Å²) in [6.45, 7) is 10.4. The minimum absolute atomic E-state index is 0.103. The lowest BCUT2D eigenvalue weighted by atomic mass is 9.99. The third-order valence-corrected chi connectivity index (χ3v) is 4.87. The van der Waals surface area contributed by atoms with Crippen LogP contribution in [0.4, 0.5) is 0 Å². The van der Waals surface area contributed by atoms with Gasteiger partial charge in [-0.15, -0.1) is 0 Å². The maximum absolute atomic E-state index is 12.0. The molecule has 1 aromatic rings. The molecular weight excluding hydrogens is 342 g/mol. The lowest BCUT2D eigenvalue weighted by Gasteiger charge is -2.21. The molecule has 2 rings (SSSR count). The molecule has 1 aliphatic heterocycles. The van der Waals surface area contributed by atoms with Gasteiger partial charge in [0.15, 0.2) is 5.96 Å². The van der Waals surface area contributed by atoms with E-state index in [1.165, 1.54) is 18.2 Å². The maximum atomic E-state index is 12.0. The van der Waals surface area contributed by atoms with Crippen LogP contribution in [0.25, 0.3) is 0 Å². The Hall–Kier alpha value is -2.08. The maximum Gasteiger partial charge on any atom is 0.310 e. The van der Waals surface area contributed by atoms with E-state index in [0.29, 0.717) is 19.7 Å². The highest BCUT2D eigenvalue weighted by molar-refractivity contribution is 5.82. The fraction of sp³-hybridized carbons (Fsp3) is 0.619. The summed E-state index contributed by atoms with van der Waals surface area (Å²) in [5.74, 6) is 0.851. The van der Waals surface area contributed by atoms with Crippen LogP contribution in [0.2, 0.25) is 0 Å². The minimum Gasteiger partial charge on any atom is -0.469 e. The second-order valence-electron chi connectivity index (χ2n) is 7.00. The molecule has 150 valence electrons. The van der Waals surface area contributed by atoms with Crippen molar-refractivity contribution in [3.8, 4) is 0 Å². The first-order chi connectivity index (χ1) is 13.1. The molecule has 0 aliphatic carbocycles. The summed E-state index contributed by atoms with van der Waals surface area (Å²) < 4.78 is 10.6. The van der Waals surface area contributed by atoms with E-state index in [1.54, 1.807) is 0 Å². The molecule has 27 heavy (non-hydrogen) atoms. The number of nitrogens with one attached hydrogen (secondary N) is 1. The number of carbonyl (C=O) groups excluding carboxylic acids is 1. The third kappa shape index (κ3) is 5.96. The summed E-state index contributed by atoms with van der Waals surface area (Å²) in [6, 6.07) is 8.26. The largest absolute Gasteiger partial charge is 0.469 e. The SMILES string of the molecule is CCCOCc1ccccc1CN=C(NCC)N1CC(C)C(C(=O)OC)C1. The number of esters is 1. The molecule has 1 aromatic carbocycles. The quantitative estimate of drug-likeness (QED) is 0.328. The first kappa shape index (κ1) is 21.2. The molecule has 0 saturated carbocycles. The molecule has 0 bridgehead atoms. The van der Waals surface area contributed by atoms with Crippen molar-refractivity contribution >= 4 is 11.9 Å². The average Bonchev–Trinajstić information content (AvgIpc) is 3.07. The number of likely N-dealkylation sites (tertiary alicyclic amines) is 1. The van der Waals surface area contributed by atoms with Gasteiger partial charge >= 0.3 is 5.97 Å². The van der Waals surface area contributed by atoms with Gasteiger partial charge in [-0.05, 0) is 30.4 Å². The highest BCUT2D eigenvalue weighted by Crippen LogP contribution is 2.24. The van der Waals surface area contributed by atoms with Crippen molar-refractivity contribution in [1.29, 1.82) is 0 Å². The van der Waals surface area contributed by atoms with E-state index in [9.17, 15) is 4.79 Å². The summed E-state index contributed by atoms with van der Waals surface area (Å²) in [6.07, 6.45) is 1.01. The number of methoxy groups -OCH3 is 1. The van der Waals surface area contributed by atoms with Crippen LogP contribution >= 0.6 is 0 Å². The second-order valence-corrected chi connectivity index (χ2v) is 7.00. The molecule has 1 fully saturated rings. The zero-order chi connectivity index (χ0) is 19.6. The van der Waals surface area contributed by atoms with E-state index in [-0.39, 0.29) is 17.8 Å². The van der Waals surface area contributed by atoms with Crippen LogP contribution in [0, 0.1) is 11.8 Å². The molecule has 1 heterocycles. The van der Waals surface area contributed by atoms with Crippen LogP contribution < -0.4 is 5.32 Å². The Bertz CT molecular complexity index is 633. The van der Waals surface area contributed by atoms with E-state index in [0.717, 1.165) is 32.1 Å². The normalized spacial score (nSPS) is 20.0. The molecule has 0 radical (unpaired) electrons. The number of guanidine groups is 1. The standard InChI is InChI=1S/C21H33N3O3/c1-5-11-27-15-18-10-8-7-9-17(18)12-23-21(22-6-2)24-13-16(3)19(14-24)20(25)26-4/h7-10,16,19H,5-6,11-15H2,1-4H3,(H,22,23). The Morgan fingerprint density at radius 3 is 2.67 bits per heavy atom. The van der Waals surface area contributed by atoms with Crippen LogP contribution in [0.3, 0.4) is 0 Å². The molecule has 0 spiro atoms. The number of nitrogens with zero attached hydrogens (tertiary/aromatic N) is 2. The van der Waals surface area contributed by atoms with Gasteiger partial charge in [0, 0.05) is 26.2 Å². The molecule has 1 N–H and O–H groups in total. The topological polar surface area (TPSA) is 63.2 Å². The summed E-state index contributed by atoms with van der Waals surface area (Å²) in [5.41, 5.74) is 2.34. The first-order valence-electron chi connectivity index (χ1n) is 9.86. The highest BCUT2D eigenvalue weighted by atomic mass is 16.5. The first-order valence-corrected chi connectivity index (χ1v) is 9.86. The number of benzene rings is 1. The Morgan fingerprint density at radius 1 is 1.26 bits per heavy atom. The van der Waals surface area contributed by atoms with Crippen LogP contribution in [-0.4, -0.2) is 50.2 Å². The van der Waals surface area contributed by atoms with Crippen molar-refractivity contribution in [2.75, 3.05) is 33.4 Å². The van der Waals surface area contributed by atoms with Gasteiger partial charge in [-0.3, -0.25) is 4.79 Å². The van der Waals surface area contributed by atoms with Crippen LogP contribution in [-0.2, 0) is 27.4 Å². The van der Waals surface area contributed by atoms with Crippen molar-refractivity contribution in [2.45, 2.75) is 40.3 Å². The molecule has 2 unspecified atom stereocenters. The van der Waals surface area contributed by atoms with Gasteiger partial charge in [0.2, 0.25) is 0 Å². The average molecular weight is 376 g/mol. The summed E-state index contributed by atoms with van der Waals surface area (Å²) in [5, 5.41) is 3.36. The third-order valence-electron chi connectivity index (χ3n) is 4.87. The van der Waals surface area contributed by atoms with Crippen molar-refractivity contribution in [2.24, 2.45) is 16.8 Å². The minimum atomic E-state index is -0.140. The summed E-state index contributed by atoms with van der Waals surface area (Å²) >= 11 is 0. The molecule has 0 aromatic heterocycles. The molecule has 6 nitrogen and oxygen atoms in total. The summed E-state index contributed by atoms with van der Waals surface area (Å²) in [4.78, 5) is 19.0. The molecule has 1 saturated heterocycles. The number of hydrogen-bond acceptors (Lipinski definition) is 4. The van der Waals surface area contributed by atoms with Gasteiger partial charge in [0.05, 0.1) is 26.2 Å². The number of ether oxygens (including phenoxy) is 2. The zero-order valence-corrected chi connectivity index (χ0v) is 17.0. The smallest absolute Gasteiger partial charge is 0.310 e. The summed E-state index contributed by atoms with van der Waals surface area (Å²) in [7, 11) is 1.45. The van der Waals surface area contributed by atoms with Crippen LogP contribution in [0.1, 0.15) is 38.3 Å². The lowest BCUT2D eigenvalue weighted by Crippen LogP contribution is -2.40. The Morgan fingerprint density at radius 2 is 2.00 bits per heavy atom. The molecule has 1 aliphatic rings. The zero-order valence-electron chi connectivity index (χ0n) is 17.0. The van der Waals surface area contributed by atoms with Gasteiger partial charge < -0.3 is 19.7 Å². The Balaban J connectivity index is 2.09. The Kier molecular flexibility index (Phi) is 8.58. The Labute approximate surface area is 162 Å². The fourth-order valence-corrected chi connectivity index (χ4v) is 3.36. The van der Waals surface area contributed by atoms with E-state index >= 15 is 0 Å². The molecular formula is C21H33N3O3. The van der Waals surface area contributed by atoms with E-state index in [1.807, 2.05) is 12.1 Å². The van der Waals surface area contributed by atoms with Gasteiger partial charge in [-0.1, -0.05) is 38.1 Å². The van der Waals surface area contributed by atoms with Crippen molar-refractivity contribution < 1.29 is 14.3 Å². The van der Waals surface area contributed by atoms with Crippen LogP contribution in [0.15, 0.2) is 29.3 Å². The van der Waals surface area contributed by atoms with Gasteiger partial charge in [-0.2, -0.15) is 0 Å². The molecule has 2 atom stereocenters. The second kappa shape index (κ2) is 10.9. The van der Waals surface area contributed by atoms with Gasteiger partial charge in [-0.25, -0.2) is 4.99 Å². The van der Waals surface area contributed by atoms with E-state index in [4.69, 9.17) is 14.5 Å². The molecule has 0 amide bonds. The monoisotopic (exact) mass is 375 g/mol. The lowest BCUT2D eigenvalue weighted by molar-refractivity contribution is -0.145.